The summed E-state index contributed by atoms with van der Waals surface area (Å²) in [5.74, 6) is 3.66. The van der Waals surface area contributed by atoms with E-state index in [4.69, 9.17) is 0 Å². The first-order valence-electron chi connectivity index (χ1n) is 6.37. The number of carbonyl (C=O) groups is 1. The average Bonchev–Trinajstić information content (AvgIpc) is 2.20. The maximum atomic E-state index is 12.2. The summed E-state index contributed by atoms with van der Waals surface area (Å²) in [6, 6.07) is 0. The summed E-state index contributed by atoms with van der Waals surface area (Å²) in [6.45, 7) is 8.50. The first-order chi connectivity index (χ1) is 7.29. The van der Waals surface area contributed by atoms with Crippen molar-refractivity contribution in [2.45, 2.75) is 69.9 Å². The van der Waals surface area contributed by atoms with E-state index >= 15 is 0 Å². The predicted molar refractivity (Wildman–Crippen MR) is 71.0 cm³/mol. The van der Waals surface area contributed by atoms with Crippen LogP contribution in [0, 0.1) is 11.3 Å². The van der Waals surface area contributed by atoms with Gasteiger partial charge < -0.3 is 0 Å². The van der Waals surface area contributed by atoms with Crippen molar-refractivity contribution in [3.63, 3.8) is 0 Å². The van der Waals surface area contributed by atoms with E-state index in [0.29, 0.717) is 25.1 Å². The summed E-state index contributed by atoms with van der Waals surface area (Å²) >= 11 is 0.605. The molecule has 0 heterocycles. The van der Waals surface area contributed by atoms with Crippen molar-refractivity contribution < 1.29 is 4.79 Å². The van der Waals surface area contributed by atoms with Gasteiger partial charge in [0.25, 0.3) is 0 Å². The second-order valence-electron chi connectivity index (χ2n) is 6.42. The van der Waals surface area contributed by atoms with E-state index in [1.54, 1.807) is 0 Å². The molecule has 16 heavy (non-hydrogen) atoms. The summed E-state index contributed by atoms with van der Waals surface area (Å²) in [5, 5.41) is 0. The number of Topliss-reactive ketones (excluding diaryl/α,β-unsaturated/α-hetero) is 1. The Morgan fingerprint density at radius 3 is 2.19 bits per heavy atom. The van der Waals surface area contributed by atoms with Crippen LogP contribution in [0.3, 0.4) is 0 Å². The topological polar surface area (TPSA) is 17.1 Å². The Bertz CT molecular complexity index is 244. The molecule has 94 valence electrons. The maximum absolute atomic E-state index is 12.2. The van der Waals surface area contributed by atoms with Gasteiger partial charge in [-0.05, 0) is 0 Å². The van der Waals surface area contributed by atoms with E-state index in [1.165, 1.54) is 25.7 Å². The standard InChI is InChI=1S/C14H26OSe/c1-11-6-8-14(16-5,9-7-11)10-12(15)13(2,3)4/h11H,6-10H2,1-5H3. The molecule has 0 aromatic rings. The number of carbonyl (C=O) groups excluding carboxylic acids is 1. The Kier molecular flexibility index (Phi) is 4.66. The van der Waals surface area contributed by atoms with Crippen molar-refractivity contribution in [2.24, 2.45) is 11.3 Å². The summed E-state index contributed by atoms with van der Waals surface area (Å²) in [4.78, 5) is 12.2. The van der Waals surface area contributed by atoms with Gasteiger partial charge in [-0.2, -0.15) is 0 Å². The van der Waals surface area contributed by atoms with Gasteiger partial charge in [0.2, 0.25) is 0 Å². The first kappa shape index (κ1) is 14.3. The number of rotatable bonds is 3. The summed E-state index contributed by atoms with van der Waals surface area (Å²) in [6.07, 6.45) is 6.05. The summed E-state index contributed by atoms with van der Waals surface area (Å²) in [7, 11) is 0. The van der Waals surface area contributed by atoms with Gasteiger partial charge in [-0.15, -0.1) is 0 Å². The van der Waals surface area contributed by atoms with Crippen LogP contribution in [-0.2, 0) is 4.79 Å². The molecule has 0 N–H and O–H groups in total. The van der Waals surface area contributed by atoms with Crippen molar-refractivity contribution in [1.29, 1.82) is 0 Å². The number of hydrogen-bond acceptors (Lipinski definition) is 1. The van der Waals surface area contributed by atoms with E-state index in [0.717, 1.165) is 12.3 Å². The Hall–Kier alpha value is 0.189. The minimum atomic E-state index is -0.151. The fourth-order valence-corrected chi connectivity index (χ4v) is 4.23. The monoisotopic (exact) mass is 290 g/mol. The molecule has 2 heteroatoms. The van der Waals surface area contributed by atoms with Crippen LogP contribution in [-0.4, -0.2) is 20.7 Å². The van der Waals surface area contributed by atoms with E-state index in [-0.39, 0.29) is 5.41 Å². The van der Waals surface area contributed by atoms with Gasteiger partial charge in [0.05, 0.1) is 0 Å². The normalized spacial score (nSPS) is 31.4. The zero-order chi connectivity index (χ0) is 12.4. The summed E-state index contributed by atoms with van der Waals surface area (Å²) < 4.78 is 0.393. The van der Waals surface area contributed by atoms with Gasteiger partial charge in [-0.3, -0.25) is 0 Å². The van der Waals surface area contributed by atoms with Crippen LogP contribution in [0.25, 0.3) is 0 Å². The van der Waals surface area contributed by atoms with Gasteiger partial charge >= 0.3 is 107 Å². The molecule has 0 spiro atoms. The molecule has 0 unspecified atom stereocenters. The molecular weight excluding hydrogens is 263 g/mol. The Labute approximate surface area is 107 Å². The van der Waals surface area contributed by atoms with E-state index < -0.39 is 0 Å². The second kappa shape index (κ2) is 5.23. The minimum absolute atomic E-state index is 0.151. The zero-order valence-electron chi connectivity index (χ0n) is 11.4. The number of ketones is 1. The predicted octanol–water partition coefficient (Wildman–Crippen LogP) is 4.11. The molecule has 1 rings (SSSR count). The van der Waals surface area contributed by atoms with E-state index in [2.05, 4.69) is 33.5 Å². The van der Waals surface area contributed by atoms with Crippen molar-refractivity contribution in [1.82, 2.24) is 0 Å². The van der Waals surface area contributed by atoms with Crippen LogP contribution >= 0.6 is 0 Å². The third-order valence-corrected chi connectivity index (χ3v) is 6.91. The Morgan fingerprint density at radius 2 is 1.81 bits per heavy atom. The molecule has 0 aliphatic heterocycles. The molecule has 0 radical (unpaired) electrons. The van der Waals surface area contributed by atoms with Crippen molar-refractivity contribution in [3.05, 3.63) is 0 Å². The van der Waals surface area contributed by atoms with Crippen LogP contribution in [0.2, 0.25) is 10.1 Å². The van der Waals surface area contributed by atoms with Crippen LogP contribution in [0.4, 0.5) is 0 Å². The van der Waals surface area contributed by atoms with Crippen LogP contribution in [0.1, 0.15) is 59.8 Å². The second-order valence-corrected chi connectivity index (χ2v) is 9.09. The number of hydrogen-bond donors (Lipinski definition) is 0. The van der Waals surface area contributed by atoms with Gasteiger partial charge in [0.15, 0.2) is 0 Å². The van der Waals surface area contributed by atoms with Gasteiger partial charge in [-0.25, -0.2) is 0 Å². The molecule has 0 aromatic heterocycles. The molecule has 0 bridgehead atoms. The Balaban J connectivity index is 2.65. The fourth-order valence-electron chi connectivity index (χ4n) is 2.30. The average molecular weight is 289 g/mol. The van der Waals surface area contributed by atoms with Gasteiger partial charge in [0.1, 0.15) is 0 Å². The fraction of sp³-hybridized carbons (Fsp3) is 0.929. The zero-order valence-corrected chi connectivity index (χ0v) is 13.1. The quantitative estimate of drug-likeness (QED) is 0.714. The first-order valence-corrected chi connectivity index (χ1v) is 8.94. The molecule has 0 aromatic carbocycles. The van der Waals surface area contributed by atoms with Crippen molar-refractivity contribution >= 4 is 20.7 Å². The van der Waals surface area contributed by atoms with Gasteiger partial charge in [-0.1, -0.05) is 0 Å². The van der Waals surface area contributed by atoms with Crippen molar-refractivity contribution in [2.75, 3.05) is 0 Å². The van der Waals surface area contributed by atoms with E-state index in [9.17, 15) is 4.79 Å². The van der Waals surface area contributed by atoms with Crippen molar-refractivity contribution in [3.8, 4) is 0 Å². The molecule has 0 amide bonds. The van der Waals surface area contributed by atoms with Crippen LogP contribution in [0.15, 0.2) is 0 Å². The van der Waals surface area contributed by atoms with Gasteiger partial charge in [0, 0.05) is 0 Å². The Morgan fingerprint density at radius 1 is 1.31 bits per heavy atom. The van der Waals surface area contributed by atoms with Crippen LogP contribution in [0.5, 0.6) is 0 Å². The third-order valence-electron chi connectivity index (χ3n) is 3.94. The molecule has 1 aliphatic carbocycles. The molecule has 0 saturated heterocycles. The van der Waals surface area contributed by atoms with Crippen LogP contribution < -0.4 is 0 Å². The molecule has 0 atom stereocenters. The third kappa shape index (κ3) is 3.60. The molecule has 1 fully saturated rings. The molecule has 1 aliphatic rings. The SMILES string of the molecule is C[Se]C1(CC(=O)C(C)(C)C)CCC(C)CC1. The molecule has 1 saturated carbocycles. The molecular formula is C14H26OSe. The molecule has 1 nitrogen and oxygen atoms in total. The van der Waals surface area contributed by atoms with E-state index in [1.807, 2.05) is 0 Å². The summed E-state index contributed by atoms with van der Waals surface area (Å²) in [5.41, 5.74) is -0.151.